The summed E-state index contributed by atoms with van der Waals surface area (Å²) in [4.78, 5) is 4.31. The fourth-order valence-corrected chi connectivity index (χ4v) is 1.22. The van der Waals surface area contributed by atoms with Gasteiger partial charge in [-0.1, -0.05) is 6.07 Å². The minimum atomic E-state index is -0.0851. The first kappa shape index (κ1) is 9.16. The first-order chi connectivity index (χ1) is 5.65. The Kier molecular flexibility index (Phi) is 2.78. The van der Waals surface area contributed by atoms with Gasteiger partial charge in [-0.15, -0.1) is 0 Å². The van der Waals surface area contributed by atoms with Gasteiger partial charge in [-0.2, -0.15) is 0 Å². The van der Waals surface area contributed by atoms with E-state index in [-0.39, 0.29) is 6.04 Å². The first-order valence-electron chi connectivity index (χ1n) is 4.05. The second-order valence-electron chi connectivity index (χ2n) is 2.97. The molecule has 3 nitrogen and oxygen atoms in total. The van der Waals surface area contributed by atoms with E-state index in [9.17, 15) is 0 Å². The Hall–Kier alpha value is -0.930. The molecule has 0 bridgehead atoms. The van der Waals surface area contributed by atoms with Crippen molar-refractivity contribution in [3.8, 4) is 0 Å². The largest absolute Gasteiger partial charge is 0.329 e. The molecule has 1 atom stereocenters. The van der Waals surface area contributed by atoms with E-state index in [0.717, 1.165) is 17.0 Å². The zero-order chi connectivity index (χ0) is 9.14. The van der Waals surface area contributed by atoms with Crippen molar-refractivity contribution in [2.75, 3.05) is 6.54 Å². The normalized spacial score (nSPS) is 13.0. The number of rotatable bonds is 2. The minimum absolute atomic E-state index is 0.0851. The predicted molar refractivity (Wildman–Crippen MR) is 49.7 cm³/mol. The third-order valence-electron chi connectivity index (χ3n) is 1.92. The van der Waals surface area contributed by atoms with Gasteiger partial charge in [0.15, 0.2) is 0 Å². The molecule has 0 saturated heterocycles. The van der Waals surface area contributed by atoms with E-state index in [2.05, 4.69) is 4.98 Å². The third kappa shape index (κ3) is 1.81. The molecule has 0 aliphatic heterocycles. The van der Waals surface area contributed by atoms with Crippen molar-refractivity contribution in [3.05, 3.63) is 29.1 Å². The molecule has 1 aromatic rings. The van der Waals surface area contributed by atoms with Crippen LogP contribution in [0.25, 0.3) is 0 Å². The van der Waals surface area contributed by atoms with Crippen molar-refractivity contribution >= 4 is 0 Å². The maximum atomic E-state index is 5.78. The molecule has 0 spiro atoms. The topological polar surface area (TPSA) is 64.9 Å². The highest BCUT2D eigenvalue weighted by molar-refractivity contribution is 5.24. The molecule has 12 heavy (non-hydrogen) atoms. The molecule has 1 unspecified atom stereocenters. The molecule has 0 fully saturated rings. The molecule has 1 heterocycles. The van der Waals surface area contributed by atoms with Crippen molar-refractivity contribution in [1.29, 1.82) is 0 Å². The van der Waals surface area contributed by atoms with Crippen LogP contribution in [0, 0.1) is 13.8 Å². The van der Waals surface area contributed by atoms with E-state index in [1.54, 1.807) is 0 Å². The number of hydrogen-bond donors (Lipinski definition) is 2. The Labute approximate surface area is 72.8 Å². The molecule has 66 valence electrons. The second kappa shape index (κ2) is 3.65. The van der Waals surface area contributed by atoms with E-state index >= 15 is 0 Å². The van der Waals surface area contributed by atoms with Gasteiger partial charge in [-0.25, -0.2) is 0 Å². The van der Waals surface area contributed by atoms with Gasteiger partial charge in [0.25, 0.3) is 0 Å². The third-order valence-corrected chi connectivity index (χ3v) is 1.92. The zero-order valence-electron chi connectivity index (χ0n) is 7.54. The van der Waals surface area contributed by atoms with Crippen LogP contribution in [0.4, 0.5) is 0 Å². The average molecular weight is 165 g/mol. The van der Waals surface area contributed by atoms with Crippen LogP contribution in [0.3, 0.4) is 0 Å². The summed E-state index contributed by atoms with van der Waals surface area (Å²) >= 11 is 0. The first-order valence-corrected chi connectivity index (χ1v) is 4.05. The van der Waals surface area contributed by atoms with Gasteiger partial charge in [-0.3, -0.25) is 4.98 Å². The van der Waals surface area contributed by atoms with Crippen LogP contribution in [-0.2, 0) is 0 Å². The molecule has 0 aliphatic rings. The lowest BCUT2D eigenvalue weighted by molar-refractivity contribution is 0.724. The summed E-state index contributed by atoms with van der Waals surface area (Å²) < 4.78 is 0. The van der Waals surface area contributed by atoms with Crippen molar-refractivity contribution < 1.29 is 0 Å². The van der Waals surface area contributed by atoms with Crippen LogP contribution in [-0.4, -0.2) is 11.5 Å². The lowest BCUT2D eigenvalue weighted by Gasteiger charge is -2.11. The monoisotopic (exact) mass is 165 g/mol. The Morgan fingerprint density at radius 1 is 1.42 bits per heavy atom. The zero-order valence-corrected chi connectivity index (χ0v) is 7.54. The molecule has 1 rings (SSSR count). The van der Waals surface area contributed by atoms with Gasteiger partial charge in [0.2, 0.25) is 0 Å². The molecule has 3 heteroatoms. The Bertz CT molecular complexity index is 270. The number of nitrogens with two attached hydrogens (primary N) is 2. The van der Waals surface area contributed by atoms with Gasteiger partial charge in [0.05, 0.1) is 0 Å². The maximum absolute atomic E-state index is 5.78. The number of pyridine rings is 1. The Morgan fingerprint density at radius 3 is 2.58 bits per heavy atom. The van der Waals surface area contributed by atoms with Crippen LogP contribution < -0.4 is 11.5 Å². The highest BCUT2D eigenvalue weighted by Gasteiger charge is 2.06. The molecule has 1 aromatic heterocycles. The summed E-state index contributed by atoms with van der Waals surface area (Å²) in [6, 6.07) is 3.87. The molecule has 0 radical (unpaired) electrons. The van der Waals surface area contributed by atoms with E-state index in [0.29, 0.717) is 6.54 Å². The summed E-state index contributed by atoms with van der Waals surface area (Å²) in [5, 5.41) is 0. The smallest absolute Gasteiger partial charge is 0.0437 e. The van der Waals surface area contributed by atoms with E-state index < -0.39 is 0 Å². The lowest BCUT2D eigenvalue weighted by Crippen LogP contribution is -2.22. The van der Waals surface area contributed by atoms with E-state index in [1.807, 2.05) is 26.0 Å². The number of aromatic nitrogens is 1. The Balaban J connectivity index is 3.01. The molecular formula is C9H15N3. The minimum Gasteiger partial charge on any atom is -0.329 e. The predicted octanol–water partition coefficient (Wildman–Crippen LogP) is 0.657. The van der Waals surface area contributed by atoms with Gasteiger partial charge in [-0.05, 0) is 25.5 Å². The van der Waals surface area contributed by atoms with Gasteiger partial charge >= 0.3 is 0 Å². The van der Waals surface area contributed by atoms with E-state index in [4.69, 9.17) is 11.5 Å². The summed E-state index contributed by atoms with van der Waals surface area (Å²) in [6.45, 7) is 4.38. The maximum Gasteiger partial charge on any atom is 0.0437 e. The van der Waals surface area contributed by atoms with E-state index in [1.165, 1.54) is 0 Å². The quantitative estimate of drug-likeness (QED) is 0.676. The van der Waals surface area contributed by atoms with Crippen molar-refractivity contribution in [2.45, 2.75) is 19.9 Å². The van der Waals surface area contributed by atoms with Gasteiger partial charge in [0, 0.05) is 24.0 Å². The summed E-state index contributed by atoms with van der Waals surface area (Å²) in [5.41, 5.74) is 14.3. The van der Waals surface area contributed by atoms with Crippen LogP contribution in [0.2, 0.25) is 0 Å². The number of nitrogens with zero attached hydrogens (tertiary/aromatic N) is 1. The van der Waals surface area contributed by atoms with Crippen molar-refractivity contribution in [2.24, 2.45) is 11.5 Å². The fourth-order valence-electron chi connectivity index (χ4n) is 1.22. The van der Waals surface area contributed by atoms with Crippen LogP contribution >= 0.6 is 0 Å². The van der Waals surface area contributed by atoms with Crippen LogP contribution in [0.1, 0.15) is 23.0 Å². The van der Waals surface area contributed by atoms with Crippen molar-refractivity contribution in [3.63, 3.8) is 0 Å². The van der Waals surface area contributed by atoms with Crippen molar-refractivity contribution in [1.82, 2.24) is 4.98 Å². The number of aryl methyl sites for hydroxylation is 2. The second-order valence-corrected chi connectivity index (χ2v) is 2.97. The van der Waals surface area contributed by atoms with Crippen LogP contribution in [0.15, 0.2) is 12.1 Å². The molecular weight excluding hydrogens is 150 g/mol. The summed E-state index contributed by atoms with van der Waals surface area (Å²) in [7, 11) is 0. The molecule has 4 N–H and O–H groups in total. The fraction of sp³-hybridized carbons (Fsp3) is 0.444. The van der Waals surface area contributed by atoms with Gasteiger partial charge < -0.3 is 11.5 Å². The Morgan fingerprint density at radius 2 is 2.08 bits per heavy atom. The molecule has 0 aromatic carbocycles. The SMILES string of the molecule is Cc1ccc(C(N)CN)c(C)n1. The highest BCUT2D eigenvalue weighted by Crippen LogP contribution is 2.12. The highest BCUT2D eigenvalue weighted by atomic mass is 14.8. The van der Waals surface area contributed by atoms with Gasteiger partial charge in [0.1, 0.15) is 0 Å². The average Bonchev–Trinajstić information content (AvgIpc) is 2.03. The standard InChI is InChI=1S/C9H15N3/c1-6-3-4-8(7(2)12-6)9(11)5-10/h3-4,9H,5,10-11H2,1-2H3. The molecule has 0 amide bonds. The number of hydrogen-bond acceptors (Lipinski definition) is 3. The lowest BCUT2D eigenvalue weighted by atomic mass is 10.1. The molecule has 0 aliphatic carbocycles. The summed E-state index contributed by atoms with van der Waals surface area (Å²) in [5.74, 6) is 0. The van der Waals surface area contributed by atoms with Crippen LogP contribution in [0.5, 0.6) is 0 Å². The molecule has 0 saturated carbocycles. The summed E-state index contributed by atoms with van der Waals surface area (Å²) in [6.07, 6.45) is 0.